The van der Waals surface area contributed by atoms with Crippen LogP contribution in [0.25, 0.3) is 0 Å². The van der Waals surface area contributed by atoms with Gasteiger partial charge in [-0.05, 0) is 37.1 Å². The van der Waals surface area contributed by atoms with Crippen LogP contribution in [0.4, 0.5) is 11.4 Å². The van der Waals surface area contributed by atoms with Gasteiger partial charge in [0.15, 0.2) is 0 Å². The van der Waals surface area contributed by atoms with Gasteiger partial charge in [0.05, 0.1) is 5.56 Å². The molecule has 0 saturated carbocycles. The largest absolute Gasteiger partial charge is 0.398 e. The minimum atomic E-state index is -0.509. The molecule has 0 atom stereocenters. The first-order valence-electron chi connectivity index (χ1n) is 6.55. The molecule has 0 radical (unpaired) electrons. The molecule has 2 rings (SSSR count). The van der Waals surface area contributed by atoms with Gasteiger partial charge in [-0.2, -0.15) is 0 Å². The number of nitrogen functional groups attached to an aromatic ring is 1. The number of nitrogens with one attached hydrogen (secondary N) is 1. The summed E-state index contributed by atoms with van der Waals surface area (Å²) < 4.78 is 0. The van der Waals surface area contributed by atoms with Crippen molar-refractivity contribution in [3.63, 3.8) is 0 Å². The van der Waals surface area contributed by atoms with Crippen molar-refractivity contribution in [3.8, 4) is 0 Å². The summed E-state index contributed by atoms with van der Waals surface area (Å²) in [6.45, 7) is 2.86. The number of benzene rings is 2. The highest BCUT2D eigenvalue weighted by Gasteiger charge is 2.06. The van der Waals surface area contributed by atoms with E-state index in [1.165, 1.54) is 11.1 Å². The second-order valence-electron chi connectivity index (χ2n) is 4.83. The third kappa shape index (κ3) is 3.51. The molecule has 4 heteroatoms. The van der Waals surface area contributed by atoms with Crippen LogP contribution in [0.1, 0.15) is 21.5 Å². The van der Waals surface area contributed by atoms with Gasteiger partial charge in [0.1, 0.15) is 0 Å². The van der Waals surface area contributed by atoms with E-state index in [4.69, 9.17) is 11.5 Å². The van der Waals surface area contributed by atoms with Crippen molar-refractivity contribution in [1.82, 2.24) is 0 Å². The van der Waals surface area contributed by atoms with E-state index in [1.807, 2.05) is 6.07 Å². The highest BCUT2D eigenvalue weighted by atomic mass is 16.1. The third-order valence-electron chi connectivity index (χ3n) is 3.14. The lowest BCUT2D eigenvalue weighted by Gasteiger charge is -2.09. The first-order valence-corrected chi connectivity index (χ1v) is 6.55. The second-order valence-corrected chi connectivity index (χ2v) is 4.83. The summed E-state index contributed by atoms with van der Waals surface area (Å²) >= 11 is 0. The number of hydrogen-bond donors (Lipinski definition) is 3. The van der Waals surface area contributed by atoms with Gasteiger partial charge in [0, 0.05) is 17.9 Å². The van der Waals surface area contributed by atoms with Gasteiger partial charge in [-0.15, -0.1) is 0 Å². The van der Waals surface area contributed by atoms with E-state index in [9.17, 15) is 4.79 Å². The minimum absolute atomic E-state index is 0.352. The zero-order chi connectivity index (χ0) is 14.5. The predicted molar refractivity (Wildman–Crippen MR) is 82.7 cm³/mol. The molecule has 0 bridgehead atoms. The Kier molecular flexibility index (Phi) is 4.25. The average molecular weight is 269 g/mol. The van der Waals surface area contributed by atoms with Crippen LogP contribution < -0.4 is 16.8 Å². The molecule has 5 N–H and O–H groups in total. The Hall–Kier alpha value is -2.49. The van der Waals surface area contributed by atoms with Crippen molar-refractivity contribution < 1.29 is 4.79 Å². The van der Waals surface area contributed by atoms with Crippen molar-refractivity contribution >= 4 is 17.3 Å². The monoisotopic (exact) mass is 269 g/mol. The van der Waals surface area contributed by atoms with E-state index >= 15 is 0 Å². The van der Waals surface area contributed by atoms with E-state index in [2.05, 4.69) is 36.5 Å². The molecular weight excluding hydrogens is 250 g/mol. The Balaban J connectivity index is 1.97. The number of carbonyl (C=O) groups is 1. The van der Waals surface area contributed by atoms with Crippen molar-refractivity contribution in [1.29, 1.82) is 0 Å². The van der Waals surface area contributed by atoms with Gasteiger partial charge in [-0.3, -0.25) is 4.79 Å². The maximum Gasteiger partial charge on any atom is 0.250 e. The fourth-order valence-corrected chi connectivity index (χ4v) is 2.10. The quantitative estimate of drug-likeness (QED) is 0.729. The van der Waals surface area contributed by atoms with Crippen LogP contribution in [0.2, 0.25) is 0 Å². The number of anilines is 2. The number of amides is 1. The maximum atomic E-state index is 11.2. The molecule has 0 spiro atoms. The lowest BCUT2D eigenvalue weighted by molar-refractivity contribution is 0.100. The molecule has 4 nitrogen and oxygen atoms in total. The van der Waals surface area contributed by atoms with Crippen molar-refractivity contribution in [2.45, 2.75) is 13.3 Å². The Morgan fingerprint density at radius 1 is 1.20 bits per heavy atom. The van der Waals surface area contributed by atoms with E-state index in [1.54, 1.807) is 12.1 Å². The van der Waals surface area contributed by atoms with E-state index in [0.29, 0.717) is 11.3 Å². The van der Waals surface area contributed by atoms with Crippen LogP contribution in [-0.2, 0) is 6.42 Å². The normalized spacial score (nSPS) is 10.2. The van der Waals surface area contributed by atoms with Crippen LogP contribution in [0.15, 0.2) is 42.5 Å². The molecule has 0 aliphatic carbocycles. The van der Waals surface area contributed by atoms with Gasteiger partial charge in [-0.1, -0.05) is 29.8 Å². The first kappa shape index (κ1) is 13.9. The smallest absolute Gasteiger partial charge is 0.250 e. The average Bonchev–Trinajstić information content (AvgIpc) is 2.40. The van der Waals surface area contributed by atoms with Crippen LogP contribution in [0, 0.1) is 6.92 Å². The highest BCUT2D eigenvalue weighted by molar-refractivity contribution is 5.98. The first-order chi connectivity index (χ1) is 9.56. The molecular formula is C16H19N3O. The number of nitrogens with two attached hydrogens (primary N) is 2. The number of aryl methyl sites for hydroxylation is 1. The van der Waals surface area contributed by atoms with Gasteiger partial charge in [0.2, 0.25) is 0 Å². The molecule has 104 valence electrons. The summed E-state index contributed by atoms with van der Waals surface area (Å²) in [5, 5.41) is 3.27. The van der Waals surface area contributed by atoms with Gasteiger partial charge >= 0.3 is 0 Å². The zero-order valence-corrected chi connectivity index (χ0v) is 11.5. The fraction of sp³-hybridized carbons (Fsp3) is 0.188. The summed E-state index contributed by atoms with van der Waals surface area (Å²) in [5.41, 5.74) is 15.1. The van der Waals surface area contributed by atoms with Crippen molar-refractivity contribution in [2.24, 2.45) is 5.73 Å². The summed E-state index contributed by atoms with van der Waals surface area (Å²) in [4.78, 5) is 11.2. The molecule has 2 aromatic carbocycles. The lowest BCUT2D eigenvalue weighted by Crippen LogP contribution is -2.14. The second kappa shape index (κ2) is 6.10. The fourth-order valence-electron chi connectivity index (χ4n) is 2.10. The predicted octanol–water partition coefficient (Wildman–Crippen LogP) is 2.33. The number of rotatable bonds is 5. The summed E-state index contributed by atoms with van der Waals surface area (Å²) in [6.07, 6.45) is 0.915. The number of primary amides is 1. The summed E-state index contributed by atoms with van der Waals surface area (Å²) in [5.74, 6) is -0.509. The molecule has 0 saturated heterocycles. The SMILES string of the molecule is Cc1cccc(CCNc2ccc(N)c(C(N)=O)c2)c1. The lowest BCUT2D eigenvalue weighted by atomic mass is 10.1. The molecule has 0 fully saturated rings. The molecule has 0 unspecified atom stereocenters. The summed E-state index contributed by atoms with van der Waals surface area (Å²) in [7, 11) is 0. The number of carbonyl (C=O) groups excluding carboxylic acids is 1. The van der Waals surface area contributed by atoms with Crippen LogP contribution >= 0.6 is 0 Å². The van der Waals surface area contributed by atoms with Crippen molar-refractivity contribution in [3.05, 3.63) is 59.2 Å². The standard InChI is InChI=1S/C16H19N3O/c1-11-3-2-4-12(9-11)7-8-19-13-5-6-15(17)14(10-13)16(18)20/h2-6,9-10,19H,7-8,17H2,1H3,(H2,18,20). The highest BCUT2D eigenvalue weighted by Crippen LogP contribution is 2.17. The third-order valence-corrected chi connectivity index (χ3v) is 3.14. The van der Waals surface area contributed by atoms with Crippen molar-refractivity contribution in [2.75, 3.05) is 17.6 Å². The van der Waals surface area contributed by atoms with Gasteiger partial charge in [-0.25, -0.2) is 0 Å². The Morgan fingerprint density at radius 3 is 2.70 bits per heavy atom. The summed E-state index contributed by atoms with van der Waals surface area (Å²) in [6, 6.07) is 13.6. The maximum absolute atomic E-state index is 11.2. The molecule has 1 amide bonds. The Morgan fingerprint density at radius 2 is 2.00 bits per heavy atom. The molecule has 2 aromatic rings. The van der Waals surface area contributed by atoms with Crippen LogP contribution in [-0.4, -0.2) is 12.5 Å². The topological polar surface area (TPSA) is 81.1 Å². The molecule has 20 heavy (non-hydrogen) atoms. The van der Waals surface area contributed by atoms with Gasteiger partial charge in [0.25, 0.3) is 5.91 Å². The van der Waals surface area contributed by atoms with Crippen LogP contribution in [0.5, 0.6) is 0 Å². The van der Waals surface area contributed by atoms with Gasteiger partial charge < -0.3 is 16.8 Å². The van der Waals surface area contributed by atoms with E-state index in [0.717, 1.165) is 18.7 Å². The molecule has 0 aliphatic heterocycles. The van der Waals surface area contributed by atoms with E-state index < -0.39 is 5.91 Å². The molecule has 0 aliphatic rings. The van der Waals surface area contributed by atoms with E-state index in [-0.39, 0.29) is 0 Å². The molecule has 0 heterocycles. The minimum Gasteiger partial charge on any atom is -0.398 e. The Labute approximate surface area is 118 Å². The molecule has 0 aromatic heterocycles. The Bertz CT molecular complexity index is 623. The number of hydrogen-bond acceptors (Lipinski definition) is 3. The zero-order valence-electron chi connectivity index (χ0n) is 11.5. The van der Waals surface area contributed by atoms with Crippen LogP contribution in [0.3, 0.4) is 0 Å².